The quantitative estimate of drug-likeness (QED) is 0.883. The molecule has 0 aliphatic carbocycles. The van der Waals surface area contributed by atoms with Gasteiger partial charge in [-0.05, 0) is 0 Å². The summed E-state index contributed by atoms with van der Waals surface area (Å²) in [6, 6.07) is -0.305. The minimum Gasteiger partial charge on any atom is -0.362 e. The molecule has 1 aromatic rings. The lowest BCUT2D eigenvalue weighted by Gasteiger charge is -2.35. The SMILES string of the molecule is Cl.Cn1ccnc1C1CNCCN1C(=O)COCC(F)(F)F. The molecule has 0 aromatic carbocycles. The summed E-state index contributed by atoms with van der Waals surface area (Å²) in [6.07, 6.45) is -1.05. The van der Waals surface area contributed by atoms with Crippen molar-refractivity contribution in [3.05, 3.63) is 18.2 Å². The van der Waals surface area contributed by atoms with Crippen molar-refractivity contribution < 1.29 is 22.7 Å². The number of hydrogen-bond acceptors (Lipinski definition) is 4. The molecule has 2 rings (SSSR count). The van der Waals surface area contributed by atoms with E-state index in [-0.39, 0.29) is 18.4 Å². The van der Waals surface area contributed by atoms with Crippen molar-refractivity contribution in [3.8, 4) is 0 Å². The molecule has 1 atom stereocenters. The normalized spacial score (nSPS) is 18.9. The molecule has 22 heavy (non-hydrogen) atoms. The van der Waals surface area contributed by atoms with Gasteiger partial charge < -0.3 is 19.5 Å². The summed E-state index contributed by atoms with van der Waals surface area (Å²) >= 11 is 0. The summed E-state index contributed by atoms with van der Waals surface area (Å²) in [5.41, 5.74) is 0. The van der Waals surface area contributed by atoms with E-state index in [1.54, 1.807) is 24.0 Å². The number of carbonyl (C=O) groups is 1. The first-order valence-electron chi connectivity index (χ1n) is 6.50. The van der Waals surface area contributed by atoms with Gasteiger partial charge >= 0.3 is 6.18 Å². The number of ether oxygens (including phenoxy) is 1. The van der Waals surface area contributed by atoms with Crippen LogP contribution in [0.3, 0.4) is 0 Å². The van der Waals surface area contributed by atoms with Crippen LogP contribution in [-0.4, -0.2) is 59.4 Å². The van der Waals surface area contributed by atoms with E-state index in [1.165, 1.54) is 4.90 Å². The minimum atomic E-state index is -4.43. The first-order valence-corrected chi connectivity index (χ1v) is 6.50. The molecule has 6 nitrogen and oxygen atoms in total. The number of aryl methyl sites for hydroxylation is 1. The molecule has 10 heteroatoms. The largest absolute Gasteiger partial charge is 0.411 e. The molecule has 0 bridgehead atoms. The zero-order chi connectivity index (χ0) is 15.5. The fraction of sp³-hybridized carbons (Fsp3) is 0.667. The van der Waals surface area contributed by atoms with Crippen LogP contribution in [0.5, 0.6) is 0 Å². The monoisotopic (exact) mass is 342 g/mol. The molecule has 1 fully saturated rings. The topological polar surface area (TPSA) is 59.4 Å². The van der Waals surface area contributed by atoms with E-state index in [2.05, 4.69) is 15.0 Å². The molecule has 1 aliphatic heterocycles. The van der Waals surface area contributed by atoms with Gasteiger partial charge in [-0.25, -0.2) is 4.98 Å². The summed E-state index contributed by atoms with van der Waals surface area (Å²) in [5.74, 6) is 0.222. The Morgan fingerprint density at radius 1 is 1.55 bits per heavy atom. The van der Waals surface area contributed by atoms with E-state index in [0.29, 0.717) is 25.5 Å². The van der Waals surface area contributed by atoms with Crippen molar-refractivity contribution in [1.29, 1.82) is 0 Å². The zero-order valence-corrected chi connectivity index (χ0v) is 12.8. The molecule has 2 heterocycles. The maximum Gasteiger partial charge on any atom is 0.411 e. The Hall–Kier alpha value is -1.32. The standard InChI is InChI=1S/C12H17F3N4O2.ClH/c1-18-4-3-17-11(18)9-6-16-2-5-19(9)10(20)7-21-8-12(13,14)15;/h3-4,9,16H,2,5-8H2,1H3;1H. The Bertz CT molecular complexity index is 495. The average molecular weight is 343 g/mol. The molecule has 1 saturated heterocycles. The van der Waals surface area contributed by atoms with Gasteiger partial charge in [-0.2, -0.15) is 13.2 Å². The molecule has 126 valence electrons. The molecule has 1 N–H and O–H groups in total. The van der Waals surface area contributed by atoms with E-state index in [0.717, 1.165) is 0 Å². The summed E-state index contributed by atoms with van der Waals surface area (Å²) in [4.78, 5) is 17.8. The van der Waals surface area contributed by atoms with Gasteiger partial charge in [0.2, 0.25) is 5.91 Å². The third-order valence-electron chi connectivity index (χ3n) is 3.21. The van der Waals surface area contributed by atoms with Crippen molar-refractivity contribution in [1.82, 2.24) is 19.8 Å². The van der Waals surface area contributed by atoms with E-state index in [9.17, 15) is 18.0 Å². The number of imidazole rings is 1. The molecular formula is C12H18ClF3N4O2. The summed E-state index contributed by atoms with van der Waals surface area (Å²) < 4.78 is 42.3. The number of halogens is 4. The second-order valence-corrected chi connectivity index (χ2v) is 4.81. The van der Waals surface area contributed by atoms with Gasteiger partial charge in [0.1, 0.15) is 25.1 Å². The maximum atomic E-state index is 12.1. The van der Waals surface area contributed by atoms with Crippen molar-refractivity contribution in [3.63, 3.8) is 0 Å². The Morgan fingerprint density at radius 2 is 2.27 bits per heavy atom. The van der Waals surface area contributed by atoms with Crippen LogP contribution in [0.2, 0.25) is 0 Å². The van der Waals surface area contributed by atoms with E-state index < -0.39 is 25.3 Å². The van der Waals surface area contributed by atoms with Crippen LogP contribution in [0.25, 0.3) is 0 Å². The van der Waals surface area contributed by atoms with E-state index in [1.807, 2.05) is 0 Å². The van der Waals surface area contributed by atoms with Gasteiger partial charge in [0.25, 0.3) is 0 Å². The first-order chi connectivity index (χ1) is 9.88. The highest BCUT2D eigenvalue weighted by atomic mass is 35.5. The van der Waals surface area contributed by atoms with Crippen LogP contribution in [-0.2, 0) is 16.6 Å². The minimum absolute atomic E-state index is 0. The first kappa shape index (κ1) is 18.7. The van der Waals surface area contributed by atoms with Gasteiger partial charge in [-0.15, -0.1) is 12.4 Å². The van der Waals surface area contributed by atoms with Gasteiger partial charge in [0.15, 0.2) is 0 Å². The van der Waals surface area contributed by atoms with Crippen molar-refractivity contribution in [2.45, 2.75) is 12.2 Å². The highest BCUT2D eigenvalue weighted by Crippen LogP contribution is 2.21. The summed E-state index contributed by atoms with van der Waals surface area (Å²) in [7, 11) is 1.81. The third-order valence-corrected chi connectivity index (χ3v) is 3.21. The Balaban J connectivity index is 0.00000242. The van der Waals surface area contributed by atoms with Crippen LogP contribution < -0.4 is 5.32 Å². The number of alkyl halides is 3. The lowest BCUT2D eigenvalue weighted by atomic mass is 10.1. The molecule has 1 aliphatic rings. The number of amides is 1. The average Bonchev–Trinajstić information content (AvgIpc) is 2.83. The number of nitrogens with zero attached hydrogens (tertiary/aromatic N) is 3. The van der Waals surface area contributed by atoms with Crippen LogP contribution in [0.4, 0.5) is 13.2 Å². The molecule has 0 spiro atoms. The highest BCUT2D eigenvalue weighted by molar-refractivity contribution is 5.85. The molecule has 1 aromatic heterocycles. The number of nitrogens with one attached hydrogen (secondary N) is 1. The third kappa shape index (κ3) is 4.85. The van der Waals surface area contributed by atoms with Gasteiger partial charge in [0.05, 0.1) is 0 Å². The predicted molar refractivity (Wildman–Crippen MR) is 74.7 cm³/mol. The van der Waals surface area contributed by atoms with Crippen molar-refractivity contribution >= 4 is 18.3 Å². The highest BCUT2D eigenvalue weighted by Gasteiger charge is 2.32. The van der Waals surface area contributed by atoms with Crippen molar-refractivity contribution in [2.24, 2.45) is 7.05 Å². The lowest BCUT2D eigenvalue weighted by molar-refractivity contribution is -0.178. The van der Waals surface area contributed by atoms with E-state index >= 15 is 0 Å². The second kappa shape index (κ2) is 7.80. The number of aromatic nitrogens is 2. The summed E-state index contributed by atoms with van der Waals surface area (Å²) in [6.45, 7) is -0.494. The van der Waals surface area contributed by atoms with Crippen molar-refractivity contribution in [2.75, 3.05) is 32.8 Å². The van der Waals surface area contributed by atoms with Crippen LogP contribution in [0.15, 0.2) is 12.4 Å². The fourth-order valence-corrected chi connectivity index (χ4v) is 2.27. The van der Waals surface area contributed by atoms with Crippen LogP contribution in [0.1, 0.15) is 11.9 Å². The Kier molecular flexibility index (Phi) is 6.64. The smallest absolute Gasteiger partial charge is 0.362 e. The molecule has 1 unspecified atom stereocenters. The maximum absolute atomic E-state index is 12.1. The Labute approximate surface area is 132 Å². The van der Waals surface area contributed by atoms with E-state index in [4.69, 9.17) is 0 Å². The molecule has 0 radical (unpaired) electrons. The number of hydrogen-bond donors (Lipinski definition) is 1. The van der Waals surface area contributed by atoms with Gasteiger partial charge in [-0.1, -0.05) is 0 Å². The number of piperazine rings is 1. The fourth-order valence-electron chi connectivity index (χ4n) is 2.27. The molecular weight excluding hydrogens is 325 g/mol. The summed E-state index contributed by atoms with van der Waals surface area (Å²) in [5, 5.41) is 3.15. The number of carbonyl (C=O) groups excluding carboxylic acids is 1. The van der Waals surface area contributed by atoms with Crippen LogP contribution >= 0.6 is 12.4 Å². The molecule has 1 amide bonds. The van der Waals surface area contributed by atoms with Gasteiger partial charge in [-0.3, -0.25) is 4.79 Å². The molecule has 0 saturated carbocycles. The van der Waals surface area contributed by atoms with Crippen LogP contribution in [0, 0.1) is 0 Å². The predicted octanol–water partition coefficient (Wildman–Crippen LogP) is 0.894. The van der Waals surface area contributed by atoms with Gasteiger partial charge in [0, 0.05) is 39.1 Å². The Morgan fingerprint density at radius 3 is 2.86 bits per heavy atom. The number of rotatable bonds is 4. The second-order valence-electron chi connectivity index (χ2n) is 4.81. The zero-order valence-electron chi connectivity index (χ0n) is 12.0. The lowest BCUT2D eigenvalue weighted by Crippen LogP contribution is -2.50.